The van der Waals surface area contributed by atoms with E-state index in [-0.39, 0.29) is 29.5 Å². The molecule has 1 aliphatic heterocycles. The van der Waals surface area contributed by atoms with Crippen LogP contribution in [0.5, 0.6) is 5.75 Å². The van der Waals surface area contributed by atoms with E-state index in [4.69, 9.17) is 10.5 Å². The molecule has 0 aliphatic carbocycles. The molecular weight excluding hydrogens is 520 g/mol. The monoisotopic (exact) mass is 556 g/mol. The molecule has 2 aromatic carbocycles. The first-order valence-corrected chi connectivity index (χ1v) is 13.8. The summed E-state index contributed by atoms with van der Waals surface area (Å²) < 4.78 is 5.63. The number of para-hydroxylation sites is 1. The van der Waals surface area contributed by atoms with Gasteiger partial charge in [-0.1, -0.05) is 42.5 Å². The van der Waals surface area contributed by atoms with Crippen molar-refractivity contribution in [2.75, 3.05) is 18.2 Å². The third kappa shape index (κ3) is 8.21. The fourth-order valence-electron chi connectivity index (χ4n) is 4.21. The fourth-order valence-corrected chi connectivity index (χ4v) is 5.37. The van der Waals surface area contributed by atoms with E-state index in [9.17, 15) is 24.3 Å². The topological polar surface area (TPSA) is 151 Å². The number of rotatable bonds is 10. The number of hydrogen-bond donors (Lipinski definition) is 4. The van der Waals surface area contributed by atoms with Crippen molar-refractivity contribution >= 4 is 35.4 Å². The normalized spacial score (nSPS) is 16.7. The maximum absolute atomic E-state index is 13.4. The molecule has 0 radical (unpaired) electrons. The summed E-state index contributed by atoms with van der Waals surface area (Å²) in [5.41, 5.74) is 6.52. The molecule has 0 unspecified atom stereocenters. The Bertz CT molecular complexity index is 1200. The highest BCUT2D eigenvalue weighted by molar-refractivity contribution is 7.99. The highest BCUT2D eigenvalue weighted by Crippen LogP contribution is 2.25. The number of nitrogens with one attached hydrogen (secondary N) is 2. The number of amides is 4. The molecule has 10 nitrogen and oxygen atoms in total. The first-order valence-electron chi connectivity index (χ1n) is 12.6. The second-order valence-corrected chi connectivity index (χ2v) is 11.5. The highest BCUT2D eigenvalue weighted by atomic mass is 32.2. The Balaban J connectivity index is 1.76. The van der Waals surface area contributed by atoms with Crippen molar-refractivity contribution in [2.24, 2.45) is 5.73 Å². The van der Waals surface area contributed by atoms with Gasteiger partial charge >= 0.3 is 0 Å². The summed E-state index contributed by atoms with van der Waals surface area (Å²) in [6, 6.07) is 12.3. The van der Waals surface area contributed by atoms with E-state index in [2.05, 4.69) is 10.6 Å². The van der Waals surface area contributed by atoms with Crippen molar-refractivity contribution in [3.63, 3.8) is 0 Å². The van der Waals surface area contributed by atoms with E-state index in [1.807, 2.05) is 51.1 Å². The number of hydrogen-bond acceptors (Lipinski definition) is 7. The molecule has 0 aromatic heterocycles. The molecule has 4 amide bonds. The summed E-state index contributed by atoms with van der Waals surface area (Å²) in [4.78, 5) is 52.3. The second-order valence-electron chi connectivity index (χ2n) is 10.5. The van der Waals surface area contributed by atoms with Gasteiger partial charge in [0.15, 0.2) is 12.7 Å². The van der Waals surface area contributed by atoms with Gasteiger partial charge in [0.25, 0.3) is 17.7 Å². The van der Waals surface area contributed by atoms with Crippen LogP contribution < -0.4 is 21.1 Å². The van der Waals surface area contributed by atoms with Crippen molar-refractivity contribution in [1.82, 2.24) is 15.5 Å². The predicted octanol–water partition coefficient (Wildman–Crippen LogP) is 1.38. The highest BCUT2D eigenvalue weighted by Gasteiger charge is 2.40. The number of carbonyl (C=O) groups excluding carboxylic acids is 4. The third-order valence-electron chi connectivity index (χ3n) is 6.07. The molecule has 5 N–H and O–H groups in total. The number of ether oxygens (including phenoxy) is 1. The van der Waals surface area contributed by atoms with Crippen molar-refractivity contribution < 1.29 is 29.0 Å². The van der Waals surface area contributed by atoms with Gasteiger partial charge in [0, 0.05) is 11.3 Å². The Morgan fingerprint density at radius 3 is 2.46 bits per heavy atom. The number of aliphatic hydroxyl groups is 1. The number of nitrogens with two attached hydrogens (primary N) is 1. The van der Waals surface area contributed by atoms with Gasteiger partial charge in [0.1, 0.15) is 11.8 Å². The standard InChI is InChI=1S/C28H36N4O6S/c1-17-9-8-12-19(25(29)35)24(17)38-14-22(33)30-20(13-18-10-6-5-7-11-18)23(34)27(37)32-16-39-15-21(32)26(36)31-28(2,3)4/h5-12,20-21,23,34H,13-16H2,1-4H3,(H2,29,35)(H,30,33)(H,31,36)/t20-,21-,23-/m0/s1. The lowest BCUT2D eigenvalue weighted by molar-refractivity contribution is -0.147. The van der Waals surface area contributed by atoms with Crippen molar-refractivity contribution in [3.05, 3.63) is 65.2 Å². The fraction of sp³-hybridized carbons (Fsp3) is 0.429. The first-order chi connectivity index (χ1) is 18.4. The SMILES string of the molecule is Cc1cccc(C(N)=O)c1OCC(=O)N[C@@H](Cc1ccccc1)[C@H](O)C(=O)N1CSC[C@H]1C(=O)NC(C)(C)C. The van der Waals surface area contributed by atoms with Crippen LogP contribution in [0.3, 0.4) is 0 Å². The number of benzene rings is 2. The van der Waals surface area contributed by atoms with Gasteiger partial charge in [0.2, 0.25) is 5.91 Å². The van der Waals surface area contributed by atoms with Gasteiger partial charge in [-0.15, -0.1) is 11.8 Å². The average Bonchev–Trinajstić information content (AvgIpc) is 3.36. The van der Waals surface area contributed by atoms with Crippen LogP contribution in [-0.4, -0.2) is 75.6 Å². The summed E-state index contributed by atoms with van der Waals surface area (Å²) in [6.07, 6.45) is -1.45. The number of carbonyl (C=O) groups is 4. The van der Waals surface area contributed by atoms with E-state index < -0.39 is 48.1 Å². The molecule has 39 heavy (non-hydrogen) atoms. The minimum atomic E-state index is -1.61. The minimum absolute atomic E-state index is 0.143. The molecule has 0 bridgehead atoms. The number of thioether (sulfide) groups is 1. The first kappa shape index (κ1) is 30.0. The van der Waals surface area contributed by atoms with Crippen LogP contribution in [0.25, 0.3) is 0 Å². The Labute approximate surface area is 232 Å². The summed E-state index contributed by atoms with van der Waals surface area (Å²) in [6.45, 7) is 6.81. The molecule has 0 spiro atoms. The molecule has 3 atom stereocenters. The van der Waals surface area contributed by atoms with Crippen LogP contribution in [0.4, 0.5) is 0 Å². The van der Waals surface area contributed by atoms with Crippen molar-refractivity contribution in [2.45, 2.75) is 57.8 Å². The summed E-state index contributed by atoms with van der Waals surface area (Å²) in [7, 11) is 0. The zero-order valence-corrected chi connectivity index (χ0v) is 23.4. The largest absolute Gasteiger partial charge is 0.483 e. The summed E-state index contributed by atoms with van der Waals surface area (Å²) in [5.74, 6) is -1.39. The zero-order valence-electron chi connectivity index (χ0n) is 22.6. The average molecular weight is 557 g/mol. The van der Waals surface area contributed by atoms with Crippen LogP contribution in [0, 0.1) is 6.92 Å². The van der Waals surface area contributed by atoms with Gasteiger partial charge in [-0.25, -0.2) is 0 Å². The van der Waals surface area contributed by atoms with Crippen LogP contribution >= 0.6 is 11.8 Å². The number of aryl methyl sites for hydroxylation is 1. The van der Waals surface area contributed by atoms with Gasteiger partial charge in [-0.2, -0.15) is 0 Å². The van der Waals surface area contributed by atoms with Crippen LogP contribution in [-0.2, 0) is 20.8 Å². The van der Waals surface area contributed by atoms with E-state index in [0.29, 0.717) is 11.3 Å². The number of nitrogens with zero attached hydrogens (tertiary/aromatic N) is 1. The molecular formula is C28H36N4O6S. The van der Waals surface area contributed by atoms with Gasteiger partial charge in [0.05, 0.1) is 17.5 Å². The molecule has 1 saturated heterocycles. The Morgan fingerprint density at radius 1 is 1.13 bits per heavy atom. The Morgan fingerprint density at radius 2 is 1.82 bits per heavy atom. The summed E-state index contributed by atoms with van der Waals surface area (Å²) in [5, 5.41) is 16.8. The third-order valence-corrected chi connectivity index (χ3v) is 7.08. The van der Waals surface area contributed by atoms with E-state index in [1.165, 1.54) is 22.7 Å². The summed E-state index contributed by atoms with van der Waals surface area (Å²) >= 11 is 1.42. The maximum atomic E-state index is 13.4. The van der Waals surface area contributed by atoms with E-state index in [1.54, 1.807) is 19.1 Å². The molecule has 1 fully saturated rings. The molecule has 1 aliphatic rings. The predicted molar refractivity (Wildman–Crippen MR) is 149 cm³/mol. The maximum Gasteiger partial charge on any atom is 0.258 e. The molecule has 0 saturated carbocycles. The molecule has 11 heteroatoms. The molecule has 210 valence electrons. The second kappa shape index (κ2) is 13.0. The Hall–Kier alpha value is -3.57. The smallest absolute Gasteiger partial charge is 0.258 e. The van der Waals surface area contributed by atoms with Gasteiger partial charge in [-0.05, 0) is 51.3 Å². The molecule has 3 rings (SSSR count). The Kier molecular flexibility index (Phi) is 9.98. The van der Waals surface area contributed by atoms with Gasteiger partial charge < -0.3 is 31.1 Å². The zero-order chi connectivity index (χ0) is 28.7. The van der Waals surface area contributed by atoms with Crippen LogP contribution in [0.15, 0.2) is 48.5 Å². The number of primary amides is 1. The quantitative estimate of drug-likeness (QED) is 0.345. The van der Waals surface area contributed by atoms with E-state index >= 15 is 0 Å². The van der Waals surface area contributed by atoms with Crippen molar-refractivity contribution in [3.8, 4) is 5.75 Å². The van der Waals surface area contributed by atoms with E-state index in [0.717, 1.165) is 5.56 Å². The lowest BCUT2D eigenvalue weighted by Gasteiger charge is -2.31. The van der Waals surface area contributed by atoms with Gasteiger partial charge in [-0.3, -0.25) is 19.2 Å². The molecule has 1 heterocycles. The minimum Gasteiger partial charge on any atom is -0.483 e. The van der Waals surface area contributed by atoms with Crippen LogP contribution in [0.2, 0.25) is 0 Å². The number of aliphatic hydroxyl groups excluding tert-OH is 1. The lowest BCUT2D eigenvalue weighted by atomic mass is 9.99. The van der Waals surface area contributed by atoms with Crippen LogP contribution in [0.1, 0.15) is 42.3 Å². The lowest BCUT2D eigenvalue weighted by Crippen LogP contribution is -2.58. The van der Waals surface area contributed by atoms with Crippen molar-refractivity contribution in [1.29, 1.82) is 0 Å². The molecule has 2 aromatic rings.